The molecule has 1 N–H and O–H groups in total. The van der Waals surface area contributed by atoms with Crippen LogP contribution < -0.4 is 0 Å². The lowest BCUT2D eigenvalue weighted by Crippen LogP contribution is -2.42. The summed E-state index contributed by atoms with van der Waals surface area (Å²) in [6.07, 6.45) is 7.13. The Morgan fingerprint density at radius 3 is 2.50 bits per heavy atom. The second-order valence-corrected chi connectivity index (χ2v) is 6.98. The summed E-state index contributed by atoms with van der Waals surface area (Å²) < 4.78 is 0. The summed E-state index contributed by atoms with van der Waals surface area (Å²) in [5.74, 6) is 0.620. The van der Waals surface area contributed by atoms with Crippen molar-refractivity contribution in [3.8, 4) is 0 Å². The summed E-state index contributed by atoms with van der Waals surface area (Å²) in [7, 11) is 0. The predicted molar refractivity (Wildman–Crippen MR) is 68.7 cm³/mol. The van der Waals surface area contributed by atoms with Crippen molar-refractivity contribution in [2.75, 3.05) is 0 Å². The molecule has 0 spiro atoms. The SMILES string of the molecule is CC1CC(C)(C)[C@](O)(C2=CC[C@H](Cl)CC2)C1. The Morgan fingerprint density at radius 1 is 1.38 bits per heavy atom. The number of alkyl halides is 1. The molecule has 0 amide bonds. The van der Waals surface area contributed by atoms with Crippen LogP contribution in [0.15, 0.2) is 11.6 Å². The van der Waals surface area contributed by atoms with Crippen LogP contribution in [0.1, 0.15) is 52.9 Å². The molecule has 0 aromatic carbocycles. The Labute approximate surface area is 104 Å². The molecule has 1 fully saturated rings. The van der Waals surface area contributed by atoms with Crippen LogP contribution in [0.4, 0.5) is 0 Å². The van der Waals surface area contributed by atoms with Crippen molar-refractivity contribution in [1.29, 1.82) is 0 Å². The van der Waals surface area contributed by atoms with E-state index < -0.39 is 5.60 Å². The third-order valence-corrected chi connectivity index (χ3v) is 4.90. The Kier molecular flexibility index (Phi) is 3.13. The first kappa shape index (κ1) is 12.4. The first-order valence-electron chi connectivity index (χ1n) is 6.41. The van der Waals surface area contributed by atoms with Gasteiger partial charge >= 0.3 is 0 Å². The summed E-state index contributed by atoms with van der Waals surface area (Å²) in [5.41, 5.74) is 0.680. The molecule has 1 saturated carbocycles. The van der Waals surface area contributed by atoms with Crippen molar-refractivity contribution in [1.82, 2.24) is 0 Å². The molecule has 3 atom stereocenters. The largest absolute Gasteiger partial charge is 0.385 e. The van der Waals surface area contributed by atoms with Crippen molar-refractivity contribution < 1.29 is 5.11 Å². The highest BCUT2D eigenvalue weighted by Crippen LogP contribution is 2.54. The normalized spacial score (nSPS) is 43.2. The molecule has 1 unspecified atom stereocenters. The van der Waals surface area contributed by atoms with E-state index in [0.717, 1.165) is 32.1 Å². The number of hydrogen-bond acceptors (Lipinski definition) is 1. The van der Waals surface area contributed by atoms with E-state index in [2.05, 4.69) is 26.8 Å². The predicted octanol–water partition coefficient (Wildman–Crippen LogP) is 3.89. The first-order chi connectivity index (χ1) is 7.35. The van der Waals surface area contributed by atoms with E-state index in [1.807, 2.05) is 0 Å². The molecule has 0 heterocycles. The minimum Gasteiger partial charge on any atom is -0.385 e. The molecule has 2 aliphatic rings. The van der Waals surface area contributed by atoms with Crippen molar-refractivity contribution in [2.24, 2.45) is 11.3 Å². The van der Waals surface area contributed by atoms with Gasteiger partial charge in [-0.1, -0.05) is 26.8 Å². The zero-order valence-corrected chi connectivity index (χ0v) is 11.3. The zero-order chi connectivity index (χ0) is 12.0. The molecule has 0 aromatic heterocycles. The second-order valence-electron chi connectivity index (χ2n) is 6.36. The maximum absolute atomic E-state index is 11.0. The van der Waals surface area contributed by atoms with Crippen molar-refractivity contribution >= 4 is 11.6 Å². The Hall–Kier alpha value is -0.0100. The summed E-state index contributed by atoms with van der Waals surface area (Å²) in [6, 6.07) is 0. The number of hydrogen-bond donors (Lipinski definition) is 1. The van der Waals surface area contributed by atoms with Gasteiger partial charge in [-0.3, -0.25) is 0 Å². The van der Waals surface area contributed by atoms with Crippen LogP contribution in [0.5, 0.6) is 0 Å². The fraction of sp³-hybridized carbons (Fsp3) is 0.857. The third-order valence-electron chi connectivity index (χ3n) is 4.50. The summed E-state index contributed by atoms with van der Waals surface area (Å²) in [6.45, 7) is 6.64. The lowest BCUT2D eigenvalue weighted by molar-refractivity contribution is -0.0128. The molecule has 2 aliphatic carbocycles. The maximum Gasteiger partial charge on any atom is 0.0910 e. The molecule has 2 heteroatoms. The van der Waals surface area contributed by atoms with Gasteiger partial charge in [0.25, 0.3) is 0 Å². The maximum atomic E-state index is 11.0. The molecule has 0 aromatic rings. The van der Waals surface area contributed by atoms with Crippen molar-refractivity contribution in [3.63, 3.8) is 0 Å². The van der Waals surface area contributed by atoms with Crippen molar-refractivity contribution in [2.45, 2.75) is 63.9 Å². The number of halogens is 1. The van der Waals surface area contributed by atoms with Crippen LogP contribution in [0, 0.1) is 11.3 Å². The first-order valence-corrected chi connectivity index (χ1v) is 6.85. The minimum absolute atomic E-state index is 0.0113. The molecule has 2 rings (SSSR count). The monoisotopic (exact) mass is 242 g/mol. The van der Waals surface area contributed by atoms with Crippen molar-refractivity contribution in [3.05, 3.63) is 11.6 Å². The molecule has 0 saturated heterocycles. The van der Waals surface area contributed by atoms with Crippen LogP contribution >= 0.6 is 11.6 Å². The highest BCUT2D eigenvalue weighted by molar-refractivity contribution is 6.20. The van der Waals surface area contributed by atoms with Gasteiger partial charge in [-0.25, -0.2) is 0 Å². The number of aliphatic hydroxyl groups is 1. The van der Waals surface area contributed by atoms with Crippen LogP contribution in [0.3, 0.4) is 0 Å². The van der Waals surface area contributed by atoms with Gasteiger partial charge in [0.05, 0.1) is 5.60 Å². The van der Waals surface area contributed by atoms with E-state index in [1.54, 1.807) is 0 Å². The van der Waals surface area contributed by atoms with E-state index in [9.17, 15) is 5.11 Å². The standard InChI is InChI=1S/C14H23ClO/c1-10-8-13(2,3)14(16,9-10)11-4-6-12(15)7-5-11/h4,10,12,16H,5-9H2,1-3H3/t10?,12-,14+/m0/s1. The lowest BCUT2D eigenvalue weighted by Gasteiger charge is -2.40. The number of allylic oxidation sites excluding steroid dienone is 1. The van der Waals surface area contributed by atoms with Gasteiger partial charge in [0, 0.05) is 5.38 Å². The second kappa shape index (κ2) is 4.03. The molecule has 1 nitrogen and oxygen atoms in total. The lowest BCUT2D eigenvalue weighted by atomic mass is 9.70. The molecule has 0 bridgehead atoms. The van der Waals surface area contributed by atoms with Crippen LogP contribution in [-0.2, 0) is 0 Å². The average molecular weight is 243 g/mol. The molecule has 92 valence electrons. The Balaban J connectivity index is 2.25. The summed E-state index contributed by atoms with van der Waals surface area (Å²) in [5, 5.41) is 11.3. The number of rotatable bonds is 1. The van der Waals surface area contributed by atoms with Crippen LogP contribution in [0.25, 0.3) is 0 Å². The van der Waals surface area contributed by atoms with E-state index >= 15 is 0 Å². The highest BCUT2D eigenvalue weighted by Gasteiger charge is 2.52. The Morgan fingerprint density at radius 2 is 2.06 bits per heavy atom. The summed E-state index contributed by atoms with van der Waals surface area (Å²) >= 11 is 6.11. The smallest absolute Gasteiger partial charge is 0.0910 e. The Bertz CT molecular complexity index is 308. The average Bonchev–Trinajstić information content (AvgIpc) is 2.37. The van der Waals surface area contributed by atoms with Gasteiger partial charge in [0.1, 0.15) is 0 Å². The molecule has 0 aliphatic heterocycles. The van der Waals surface area contributed by atoms with E-state index in [0.29, 0.717) is 5.92 Å². The van der Waals surface area contributed by atoms with Gasteiger partial charge in [-0.15, -0.1) is 11.6 Å². The fourth-order valence-corrected chi connectivity index (χ4v) is 3.83. The highest BCUT2D eigenvalue weighted by atomic mass is 35.5. The third kappa shape index (κ3) is 1.93. The molecular formula is C14H23ClO. The van der Waals surface area contributed by atoms with Gasteiger partial charge in [-0.2, -0.15) is 0 Å². The van der Waals surface area contributed by atoms with Crippen LogP contribution in [-0.4, -0.2) is 16.1 Å². The topological polar surface area (TPSA) is 20.2 Å². The van der Waals surface area contributed by atoms with Gasteiger partial charge in [0.15, 0.2) is 0 Å². The zero-order valence-electron chi connectivity index (χ0n) is 10.6. The van der Waals surface area contributed by atoms with E-state index in [4.69, 9.17) is 11.6 Å². The van der Waals surface area contributed by atoms with Crippen LogP contribution in [0.2, 0.25) is 0 Å². The van der Waals surface area contributed by atoms with E-state index in [-0.39, 0.29) is 10.8 Å². The molecule has 0 radical (unpaired) electrons. The quantitative estimate of drug-likeness (QED) is 0.546. The van der Waals surface area contributed by atoms with E-state index in [1.165, 1.54) is 5.57 Å². The molecular weight excluding hydrogens is 220 g/mol. The van der Waals surface area contributed by atoms with Gasteiger partial charge in [-0.05, 0) is 49.0 Å². The van der Waals surface area contributed by atoms with Gasteiger partial charge < -0.3 is 5.11 Å². The minimum atomic E-state index is -0.580. The molecule has 16 heavy (non-hydrogen) atoms. The van der Waals surface area contributed by atoms with Gasteiger partial charge in [0.2, 0.25) is 0 Å². The fourth-order valence-electron chi connectivity index (χ4n) is 3.64. The summed E-state index contributed by atoms with van der Waals surface area (Å²) in [4.78, 5) is 0.